The fourth-order valence-electron chi connectivity index (χ4n) is 2.62. The van der Waals surface area contributed by atoms with Gasteiger partial charge in [-0.3, -0.25) is 4.79 Å². The summed E-state index contributed by atoms with van der Waals surface area (Å²) in [5.74, 6) is -0.0650. The molecule has 1 N–H and O–H groups in total. The van der Waals surface area contributed by atoms with E-state index >= 15 is 0 Å². The van der Waals surface area contributed by atoms with Crippen LogP contribution in [0.5, 0.6) is 0 Å². The largest absolute Gasteiger partial charge is 0.281 e. The van der Waals surface area contributed by atoms with E-state index in [1.165, 1.54) is 28.9 Å². The third kappa shape index (κ3) is 2.78. The molecule has 0 unspecified atom stereocenters. The van der Waals surface area contributed by atoms with Gasteiger partial charge in [0, 0.05) is 4.88 Å². The van der Waals surface area contributed by atoms with Gasteiger partial charge in [0.25, 0.3) is 5.91 Å². The number of hydrogen-bond acceptors (Lipinski definition) is 3. The van der Waals surface area contributed by atoms with E-state index in [1.54, 1.807) is 11.3 Å². The molecule has 1 heterocycles. The van der Waals surface area contributed by atoms with E-state index in [-0.39, 0.29) is 5.91 Å². The van der Waals surface area contributed by atoms with E-state index in [4.69, 9.17) is 0 Å². The van der Waals surface area contributed by atoms with Crippen molar-refractivity contribution in [1.29, 1.82) is 0 Å². The number of nitrogens with zero attached hydrogens (tertiary/aromatic N) is 1. The van der Waals surface area contributed by atoms with Crippen LogP contribution in [0.1, 0.15) is 52.7 Å². The summed E-state index contributed by atoms with van der Waals surface area (Å²) in [6, 6.07) is 2.05. The molecule has 0 fully saturated rings. The average Bonchev–Trinajstić information content (AvgIpc) is 3.01. The highest BCUT2D eigenvalue weighted by atomic mass is 32.1. The van der Waals surface area contributed by atoms with Gasteiger partial charge in [-0.25, -0.2) is 5.43 Å². The lowest BCUT2D eigenvalue weighted by atomic mass is 9.99. The van der Waals surface area contributed by atoms with E-state index in [0.29, 0.717) is 0 Å². The van der Waals surface area contributed by atoms with Gasteiger partial charge in [0.1, 0.15) is 0 Å². The summed E-state index contributed by atoms with van der Waals surface area (Å²) < 4.78 is 0. The second-order valence-corrected chi connectivity index (χ2v) is 6.44. The van der Waals surface area contributed by atoms with E-state index in [0.717, 1.165) is 36.3 Å². The topological polar surface area (TPSA) is 41.5 Å². The van der Waals surface area contributed by atoms with Crippen LogP contribution in [0.3, 0.4) is 0 Å². The Morgan fingerprint density at radius 2 is 2.11 bits per heavy atom. The van der Waals surface area contributed by atoms with Gasteiger partial charge in [-0.15, -0.1) is 11.3 Å². The molecule has 19 heavy (non-hydrogen) atoms. The molecule has 3 rings (SSSR count). The van der Waals surface area contributed by atoms with E-state index in [9.17, 15) is 4.79 Å². The minimum Gasteiger partial charge on any atom is -0.266 e. The third-order valence-corrected chi connectivity index (χ3v) is 4.95. The molecule has 100 valence electrons. The summed E-state index contributed by atoms with van der Waals surface area (Å²) >= 11 is 1.63. The van der Waals surface area contributed by atoms with Crippen LogP contribution in [0.4, 0.5) is 0 Å². The Morgan fingerprint density at radius 1 is 1.26 bits per heavy atom. The van der Waals surface area contributed by atoms with Gasteiger partial charge in [-0.1, -0.05) is 5.57 Å². The van der Waals surface area contributed by atoms with Crippen LogP contribution in [-0.2, 0) is 12.8 Å². The zero-order valence-electron chi connectivity index (χ0n) is 11.2. The normalized spacial score (nSPS) is 20.3. The Labute approximate surface area is 117 Å². The zero-order valence-corrected chi connectivity index (χ0v) is 12.0. The first-order chi connectivity index (χ1) is 9.22. The van der Waals surface area contributed by atoms with Crippen molar-refractivity contribution in [3.05, 3.63) is 33.0 Å². The summed E-state index contributed by atoms with van der Waals surface area (Å²) in [6.07, 6.45) is 8.80. The molecule has 1 aromatic heterocycles. The van der Waals surface area contributed by atoms with Gasteiger partial charge < -0.3 is 0 Å². The highest BCUT2D eigenvalue weighted by molar-refractivity contribution is 7.14. The maximum absolute atomic E-state index is 12.1. The van der Waals surface area contributed by atoms with Crippen LogP contribution >= 0.6 is 11.3 Å². The number of fused-ring (bicyclic) bond motifs is 1. The van der Waals surface area contributed by atoms with Crippen molar-refractivity contribution in [1.82, 2.24) is 5.43 Å². The van der Waals surface area contributed by atoms with Crippen LogP contribution in [0.15, 0.2) is 22.8 Å². The van der Waals surface area contributed by atoms with Gasteiger partial charge in [0.2, 0.25) is 0 Å². The Hall–Kier alpha value is -1.42. The summed E-state index contributed by atoms with van der Waals surface area (Å²) in [4.78, 5) is 14.3. The van der Waals surface area contributed by atoms with E-state index in [1.807, 2.05) is 6.07 Å². The van der Waals surface area contributed by atoms with Crippen LogP contribution in [-0.4, -0.2) is 11.6 Å². The first-order valence-corrected chi connectivity index (χ1v) is 7.69. The molecule has 3 nitrogen and oxygen atoms in total. The van der Waals surface area contributed by atoms with Crippen molar-refractivity contribution >= 4 is 23.0 Å². The number of hydrogen-bond donors (Lipinski definition) is 1. The molecular formula is C15H18N2OS. The summed E-state index contributed by atoms with van der Waals surface area (Å²) in [5, 5.41) is 4.20. The lowest BCUT2D eigenvalue weighted by Crippen LogP contribution is -2.17. The molecule has 0 atom stereocenters. The van der Waals surface area contributed by atoms with Crippen LogP contribution in [0.2, 0.25) is 0 Å². The standard InChI is InChI=1S/C15H18N2OS/c1-10-6-7-12(8-10)16-17-15(18)14-9-11-4-2-3-5-13(11)19-14/h8-9H,2-7H2,1H3,(H,17,18)/b16-12-. The SMILES string of the molecule is CC1=C/C(=N\NC(=O)c2cc3c(s2)CCCC3)CC1. The quantitative estimate of drug-likeness (QED) is 0.825. The molecule has 2 aliphatic rings. The minimum absolute atomic E-state index is 0.0650. The molecular weight excluding hydrogens is 256 g/mol. The van der Waals surface area contributed by atoms with Crippen LogP contribution < -0.4 is 5.43 Å². The Bertz CT molecular complexity index is 545. The lowest BCUT2D eigenvalue weighted by Gasteiger charge is -2.08. The fourth-order valence-corrected chi connectivity index (χ4v) is 3.77. The molecule has 1 amide bonds. The number of hydrazone groups is 1. The highest BCUT2D eigenvalue weighted by Gasteiger charge is 2.17. The van der Waals surface area contributed by atoms with Gasteiger partial charge in [0.15, 0.2) is 0 Å². The van der Waals surface area contributed by atoms with Gasteiger partial charge in [0.05, 0.1) is 10.6 Å². The smallest absolute Gasteiger partial charge is 0.266 e. The maximum atomic E-state index is 12.1. The molecule has 0 saturated carbocycles. The number of nitrogens with one attached hydrogen (secondary N) is 1. The summed E-state index contributed by atoms with van der Waals surface area (Å²) in [5.41, 5.74) is 6.36. The first kappa shape index (κ1) is 12.6. The molecule has 0 aromatic carbocycles. The number of thiophene rings is 1. The zero-order chi connectivity index (χ0) is 13.2. The second kappa shape index (κ2) is 5.29. The number of aryl methyl sites for hydroxylation is 2. The molecule has 4 heteroatoms. The molecule has 0 bridgehead atoms. The van der Waals surface area contributed by atoms with Gasteiger partial charge >= 0.3 is 0 Å². The molecule has 0 radical (unpaired) electrons. The monoisotopic (exact) mass is 274 g/mol. The number of rotatable bonds is 2. The van der Waals surface area contributed by atoms with E-state index in [2.05, 4.69) is 23.5 Å². The number of carbonyl (C=O) groups excluding carboxylic acids is 1. The maximum Gasteiger partial charge on any atom is 0.281 e. The Balaban J connectivity index is 1.69. The number of allylic oxidation sites excluding steroid dienone is 2. The van der Waals surface area contributed by atoms with Crippen LogP contribution in [0, 0.1) is 0 Å². The first-order valence-electron chi connectivity index (χ1n) is 6.88. The van der Waals surface area contributed by atoms with Gasteiger partial charge in [-0.2, -0.15) is 5.10 Å². The number of carbonyl (C=O) groups is 1. The summed E-state index contributed by atoms with van der Waals surface area (Å²) in [6.45, 7) is 2.09. The molecule has 1 aromatic rings. The lowest BCUT2D eigenvalue weighted by molar-refractivity contribution is 0.0959. The Morgan fingerprint density at radius 3 is 2.84 bits per heavy atom. The van der Waals surface area contributed by atoms with Crippen molar-refractivity contribution in [3.8, 4) is 0 Å². The van der Waals surface area contributed by atoms with Crippen LogP contribution in [0.25, 0.3) is 0 Å². The summed E-state index contributed by atoms with van der Waals surface area (Å²) in [7, 11) is 0. The van der Waals surface area contributed by atoms with Crippen molar-refractivity contribution in [3.63, 3.8) is 0 Å². The minimum atomic E-state index is -0.0650. The van der Waals surface area contributed by atoms with Crippen molar-refractivity contribution in [2.24, 2.45) is 5.10 Å². The van der Waals surface area contributed by atoms with Crippen molar-refractivity contribution in [2.45, 2.75) is 45.4 Å². The molecule has 2 aliphatic carbocycles. The molecule has 0 aliphatic heterocycles. The second-order valence-electron chi connectivity index (χ2n) is 5.30. The Kier molecular flexibility index (Phi) is 3.51. The predicted octanol–water partition coefficient (Wildman–Crippen LogP) is 3.45. The fraction of sp³-hybridized carbons (Fsp3) is 0.467. The van der Waals surface area contributed by atoms with Gasteiger partial charge in [-0.05, 0) is 63.2 Å². The van der Waals surface area contributed by atoms with Crippen molar-refractivity contribution in [2.75, 3.05) is 0 Å². The molecule has 0 saturated heterocycles. The highest BCUT2D eigenvalue weighted by Crippen LogP contribution is 2.29. The third-order valence-electron chi connectivity index (χ3n) is 3.71. The van der Waals surface area contributed by atoms with Crippen molar-refractivity contribution < 1.29 is 4.79 Å². The average molecular weight is 274 g/mol. The molecule has 0 spiro atoms. The number of amides is 1. The predicted molar refractivity (Wildman–Crippen MR) is 78.9 cm³/mol. The van der Waals surface area contributed by atoms with E-state index < -0.39 is 0 Å².